The number of nitriles is 1. The molecule has 13 heteroatoms. The molecule has 0 amide bonds. The summed E-state index contributed by atoms with van der Waals surface area (Å²) in [6, 6.07) is 5.45. The van der Waals surface area contributed by atoms with E-state index in [2.05, 4.69) is 23.4 Å². The summed E-state index contributed by atoms with van der Waals surface area (Å²) in [6.07, 6.45) is 13.0. The number of alkyl halides is 3. The van der Waals surface area contributed by atoms with E-state index in [1.165, 1.54) is 74.5 Å². The van der Waals surface area contributed by atoms with E-state index in [4.69, 9.17) is 10.00 Å². The number of hydrogen-bond donors (Lipinski definition) is 2. The van der Waals surface area contributed by atoms with Crippen LogP contribution in [0.15, 0.2) is 35.5 Å². The number of aliphatic carboxylic acids is 1. The Hall–Kier alpha value is -2.95. The first kappa shape index (κ1) is 38.8. The van der Waals surface area contributed by atoms with Crippen LogP contribution < -0.4 is 5.32 Å². The number of carboxylic acids is 1. The highest BCUT2D eigenvalue weighted by atomic mass is 32.2. The molecular weight excluding hydrogens is 657 g/mol. The third-order valence-corrected chi connectivity index (χ3v) is 12.2. The van der Waals surface area contributed by atoms with E-state index in [0.29, 0.717) is 5.56 Å². The van der Waals surface area contributed by atoms with E-state index in [0.717, 1.165) is 57.2 Å². The molecule has 2 N–H and O–H groups in total. The Balaban J connectivity index is 0.000000284. The van der Waals surface area contributed by atoms with Gasteiger partial charge in [0.15, 0.2) is 9.84 Å². The molecule has 2 aromatic rings. The quantitative estimate of drug-likeness (QED) is 0.169. The van der Waals surface area contributed by atoms with Crippen LogP contribution in [-0.4, -0.2) is 58.8 Å². The van der Waals surface area contributed by atoms with Crippen molar-refractivity contribution < 1.29 is 36.2 Å². The fourth-order valence-corrected chi connectivity index (χ4v) is 8.86. The summed E-state index contributed by atoms with van der Waals surface area (Å²) in [5.74, 6) is -2.27. The molecule has 3 fully saturated rings. The highest BCUT2D eigenvalue weighted by Crippen LogP contribution is 2.43. The van der Waals surface area contributed by atoms with Crippen molar-refractivity contribution in [3.8, 4) is 17.2 Å². The number of aryl methyl sites for hydroxylation is 1. The molecule has 0 bridgehead atoms. The summed E-state index contributed by atoms with van der Waals surface area (Å²) in [5, 5.41) is 24.5. The van der Waals surface area contributed by atoms with Gasteiger partial charge in [0.05, 0.1) is 46.1 Å². The number of nitrogens with zero attached hydrogens (tertiary/aromatic N) is 3. The number of hydrogen-bond acceptors (Lipinski definition) is 7. The van der Waals surface area contributed by atoms with Crippen LogP contribution in [0.5, 0.6) is 0 Å². The van der Waals surface area contributed by atoms with Gasteiger partial charge in [0.25, 0.3) is 0 Å². The predicted octanol–water partition coefficient (Wildman–Crippen LogP) is 7.84. The largest absolute Gasteiger partial charge is 0.481 e. The third-order valence-electron chi connectivity index (χ3n) is 9.97. The Labute approximate surface area is 288 Å². The molecule has 5 rings (SSSR count). The van der Waals surface area contributed by atoms with E-state index in [9.17, 15) is 31.5 Å². The lowest BCUT2D eigenvalue weighted by Crippen LogP contribution is -2.30. The van der Waals surface area contributed by atoms with Crippen LogP contribution in [0.2, 0.25) is 0 Å². The zero-order valence-electron chi connectivity index (χ0n) is 28.7. The van der Waals surface area contributed by atoms with Crippen LogP contribution in [0.4, 0.5) is 13.2 Å². The number of rotatable bonds is 16. The monoisotopic (exact) mass is 708 g/mol. The van der Waals surface area contributed by atoms with Gasteiger partial charge in [0.2, 0.25) is 0 Å². The molecule has 3 atom stereocenters. The number of halogens is 3. The summed E-state index contributed by atoms with van der Waals surface area (Å²) >= 11 is 0. The summed E-state index contributed by atoms with van der Waals surface area (Å²) in [7, 11) is -2.84. The van der Waals surface area contributed by atoms with Crippen LogP contribution in [0.25, 0.3) is 11.1 Å². The summed E-state index contributed by atoms with van der Waals surface area (Å²) in [5.41, 5.74) is -0.771. The molecule has 49 heavy (non-hydrogen) atoms. The topological polar surface area (TPSA) is 134 Å². The van der Waals surface area contributed by atoms with E-state index < -0.39 is 49.7 Å². The summed E-state index contributed by atoms with van der Waals surface area (Å²) < 4.78 is 75.8. The lowest BCUT2D eigenvalue weighted by atomic mass is 10.1. The molecule has 3 aliphatic rings. The molecule has 1 heterocycles. The van der Waals surface area contributed by atoms with E-state index in [1.807, 2.05) is 0 Å². The Bertz CT molecular complexity index is 1530. The zero-order valence-corrected chi connectivity index (χ0v) is 29.5. The first-order chi connectivity index (χ1) is 23.3. The van der Waals surface area contributed by atoms with Gasteiger partial charge in [-0.25, -0.2) is 8.42 Å². The minimum Gasteiger partial charge on any atom is -0.481 e. The Kier molecular flexibility index (Phi) is 13.7. The third kappa shape index (κ3) is 10.8. The number of sulfone groups is 1. The van der Waals surface area contributed by atoms with Crippen LogP contribution in [0.1, 0.15) is 115 Å². The fraction of sp³-hybridized carbons (Fsp3) is 0.694. The smallest absolute Gasteiger partial charge is 0.417 e. The van der Waals surface area contributed by atoms with Crippen molar-refractivity contribution in [3.05, 3.63) is 36.2 Å². The van der Waals surface area contributed by atoms with Crippen molar-refractivity contribution in [1.29, 1.82) is 5.26 Å². The maximum absolute atomic E-state index is 13.9. The molecule has 0 radical (unpaired) electrons. The molecule has 1 aromatic carbocycles. The van der Waals surface area contributed by atoms with Crippen LogP contribution >= 0.6 is 0 Å². The first-order valence-electron chi connectivity index (χ1n) is 17.8. The Morgan fingerprint density at radius 3 is 2.29 bits per heavy atom. The standard InChI is InChI=1S/C22H25F3N2O5S.C14H26N2/c1-27-12-14(11-26-27)13-6-7-20(18(8-13)22(23,24)25)33(30,31)16-9-17(21(28)29)19(10-16)32-15-4-2-3-5-15;1-2-3-4-5-6-7-8-9-12-16-14(13-15)10-11-14/h6-8,11-12,15-17,19H,2-5,9-10H2,1H3,(H,28,29);16H,2-12H2,1H3/t16-,17-,19-;/m0./s1. The SMILES string of the molecule is CCCCCCCCCCNC1(C#N)CC1.Cn1cc(-c2ccc(S(=O)(=O)[C@@H]3C[C@H](OC4CCCC4)[C@@H](C(=O)O)C3)c(C(F)(F)F)c2)cn1. The second-order valence-corrected chi connectivity index (χ2v) is 16.1. The highest BCUT2D eigenvalue weighted by Gasteiger charge is 2.48. The summed E-state index contributed by atoms with van der Waals surface area (Å²) in [4.78, 5) is 10.9. The normalized spacial score (nSPS) is 22.0. The molecule has 0 unspecified atom stereocenters. The van der Waals surface area contributed by atoms with Crippen molar-refractivity contribution in [2.24, 2.45) is 13.0 Å². The van der Waals surface area contributed by atoms with Gasteiger partial charge >= 0.3 is 12.1 Å². The maximum Gasteiger partial charge on any atom is 0.417 e. The molecular formula is C36H51F3N4O5S. The molecule has 0 aliphatic heterocycles. The number of unbranched alkanes of at least 4 members (excludes halogenated alkanes) is 7. The zero-order chi connectivity index (χ0) is 35.7. The van der Waals surface area contributed by atoms with E-state index in [-0.39, 0.29) is 30.0 Å². The van der Waals surface area contributed by atoms with Crippen molar-refractivity contribution in [2.45, 2.75) is 144 Å². The Morgan fingerprint density at radius 1 is 1.08 bits per heavy atom. The average Bonchev–Trinajstić information content (AvgIpc) is 3.39. The second-order valence-electron chi connectivity index (χ2n) is 13.9. The van der Waals surface area contributed by atoms with Crippen molar-refractivity contribution in [1.82, 2.24) is 15.1 Å². The van der Waals surface area contributed by atoms with Crippen molar-refractivity contribution >= 4 is 15.8 Å². The first-order valence-corrected chi connectivity index (χ1v) is 19.3. The number of benzene rings is 1. The minimum atomic E-state index is -4.91. The summed E-state index contributed by atoms with van der Waals surface area (Å²) in [6.45, 7) is 3.29. The lowest BCUT2D eigenvalue weighted by Gasteiger charge is -2.21. The van der Waals surface area contributed by atoms with Gasteiger partial charge in [-0.15, -0.1) is 0 Å². The number of ether oxygens (including phenoxy) is 1. The van der Waals surface area contributed by atoms with Gasteiger partial charge in [0, 0.05) is 18.8 Å². The molecule has 1 aromatic heterocycles. The van der Waals surface area contributed by atoms with Crippen molar-refractivity contribution in [2.75, 3.05) is 6.54 Å². The fourth-order valence-electron chi connectivity index (χ4n) is 6.86. The molecule has 0 spiro atoms. The number of nitrogens with one attached hydrogen (secondary N) is 1. The maximum atomic E-state index is 13.9. The van der Waals surface area contributed by atoms with Crippen LogP contribution in [0, 0.1) is 17.2 Å². The van der Waals surface area contributed by atoms with Gasteiger partial charge in [-0.05, 0) is 69.2 Å². The van der Waals surface area contributed by atoms with Gasteiger partial charge < -0.3 is 9.84 Å². The minimum absolute atomic E-state index is 0.110. The molecule has 3 aliphatic carbocycles. The average molecular weight is 709 g/mol. The van der Waals surface area contributed by atoms with E-state index >= 15 is 0 Å². The van der Waals surface area contributed by atoms with Gasteiger partial charge in [-0.2, -0.15) is 23.5 Å². The van der Waals surface area contributed by atoms with Gasteiger partial charge in [-0.1, -0.05) is 70.8 Å². The number of carboxylic acid groups (broad SMARTS) is 1. The molecule has 0 saturated heterocycles. The highest BCUT2D eigenvalue weighted by molar-refractivity contribution is 7.92. The van der Waals surface area contributed by atoms with Crippen molar-refractivity contribution in [3.63, 3.8) is 0 Å². The second kappa shape index (κ2) is 17.3. The van der Waals surface area contributed by atoms with Gasteiger partial charge in [0.1, 0.15) is 5.54 Å². The van der Waals surface area contributed by atoms with Crippen LogP contribution in [-0.2, 0) is 32.6 Å². The molecule has 272 valence electrons. The molecule has 3 saturated carbocycles. The number of carbonyl (C=O) groups is 1. The van der Waals surface area contributed by atoms with Gasteiger partial charge in [-0.3, -0.25) is 14.8 Å². The number of aromatic nitrogens is 2. The Morgan fingerprint density at radius 2 is 1.73 bits per heavy atom. The van der Waals surface area contributed by atoms with E-state index in [1.54, 1.807) is 7.05 Å². The molecule has 9 nitrogen and oxygen atoms in total. The predicted molar refractivity (Wildman–Crippen MR) is 180 cm³/mol. The van der Waals surface area contributed by atoms with Crippen LogP contribution in [0.3, 0.4) is 0 Å². The lowest BCUT2D eigenvalue weighted by molar-refractivity contribution is -0.147.